The fraction of sp³-hybridized carbons (Fsp3) is 0.750. The average molecular weight is 168 g/mol. The molecule has 5 nitrogen and oxygen atoms in total. The molecule has 0 aromatic heterocycles. The van der Waals surface area contributed by atoms with E-state index in [-0.39, 0.29) is 6.47 Å². The molecule has 0 radical (unpaired) electrons. The third kappa shape index (κ3) is 1.96. The van der Waals surface area contributed by atoms with E-state index in [1.54, 1.807) is 0 Å². The van der Waals surface area contributed by atoms with Crippen molar-refractivity contribution in [2.45, 2.75) is 18.8 Å². The second-order valence-corrected chi connectivity index (χ2v) is 4.02. The zero-order chi connectivity index (χ0) is 8.41. The second kappa shape index (κ2) is 2.55. The molecule has 0 unspecified atom stereocenters. The van der Waals surface area contributed by atoms with Crippen LogP contribution in [0.5, 0.6) is 0 Å². The van der Waals surface area contributed by atoms with E-state index in [0.717, 1.165) is 13.8 Å². The van der Waals surface area contributed by atoms with Crippen LogP contribution in [0.3, 0.4) is 0 Å². The molecule has 0 amide bonds. The van der Waals surface area contributed by atoms with Crippen LogP contribution in [-0.4, -0.2) is 24.4 Å². The van der Waals surface area contributed by atoms with Crippen LogP contribution < -0.4 is 0 Å². The molecular formula is C4H8O5S. The Bertz CT molecular complexity index is 214. The summed E-state index contributed by atoms with van der Waals surface area (Å²) in [7, 11) is -4.32. The minimum Gasteiger partial charge on any atom is -0.443 e. The van der Waals surface area contributed by atoms with Gasteiger partial charge in [-0.05, 0) is 13.8 Å². The van der Waals surface area contributed by atoms with Crippen molar-refractivity contribution in [1.29, 1.82) is 0 Å². The van der Waals surface area contributed by atoms with Gasteiger partial charge in [0, 0.05) is 0 Å². The molecular weight excluding hydrogens is 160 g/mol. The van der Waals surface area contributed by atoms with Crippen LogP contribution in [0, 0.1) is 0 Å². The van der Waals surface area contributed by atoms with E-state index in [4.69, 9.17) is 4.55 Å². The third-order valence-corrected chi connectivity index (χ3v) is 2.29. The van der Waals surface area contributed by atoms with Crippen molar-refractivity contribution in [2.24, 2.45) is 0 Å². The van der Waals surface area contributed by atoms with Crippen molar-refractivity contribution < 1.29 is 22.5 Å². The monoisotopic (exact) mass is 168 g/mol. The summed E-state index contributed by atoms with van der Waals surface area (Å²) in [5, 5.41) is 0. The summed E-state index contributed by atoms with van der Waals surface area (Å²) in [4.78, 5) is 7.82. The van der Waals surface area contributed by atoms with Crippen molar-refractivity contribution in [3.05, 3.63) is 0 Å². The van der Waals surface area contributed by atoms with E-state index in [0.29, 0.717) is 0 Å². The van der Waals surface area contributed by atoms with Gasteiger partial charge >= 0.3 is 10.1 Å². The zero-order valence-electron chi connectivity index (χ0n) is 5.57. The first kappa shape index (κ1) is 9.38. The summed E-state index contributed by atoms with van der Waals surface area (Å²) in [6.07, 6.45) is 0. The van der Waals surface area contributed by atoms with Gasteiger partial charge in [-0.3, -0.25) is 9.35 Å². The molecule has 0 aromatic carbocycles. The molecule has 0 rings (SSSR count). The Hall–Kier alpha value is -0.620. The van der Waals surface area contributed by atoms with Gasteiger partial charge in [-0.1, -0.05) is 0 Å². The van der Waals surface area contributed by atoms with Crippen LogP contribution in [0.15, 0.2) is 0 Å². The van der Waals surface area contributed by atoms with Gasteiger partial charge in [-0.2, -0.15) is 8.42 Å². The molecule has 0 saturated carbocycles. The molecule has 0 spiro atoms. The highest BCUT2D eigenvalue weighted by molar-refractivity contribution is 7.87. The van der Waals surface area contributed by atoms with Crippen molar-refractivity contribution in [3.8, 4) is 0 Å². The van der Waals surface area contributed by atoms with E-state index < -0.39 is 15.1 Å². The molecule has 0 atom stereocenters. The van der Waals surface area contributed by atoms with Crippen LogP contribution >= 0.6 is 0 Å². The Morgan fingerprint density at radius 2 is 1.90 bits per heavy atom. The number of ether oxygens (including phenoxy) is 1. The molecule has 0 aliphatic carbocycles. The molecule has 60 valence electrons. The molecule has 0 bridgehead atoms. The van der Waals surface area contributed by atoms with Crippen molar-refractivity contribution in [2.75, 3.05) is 0 Å². The van der Waals surface area contributed by atoms with Gasteiger partial charge in [0.15, 0.2) is 0 Å². The van der Waals surface area contributed by atoms with E-state index in [1.807, 2.05) is 0 Å². The number of carbonyl (C=O) groups is 1. The van der Waals surface area contributed by atoms with Crippen LogP contribution in [0.2, 0.25) is 0 Å². The molecule has 6 heteroatoms. The quantitative estimate of drug-likeness (QED) is 0.465. The Labute approximate surface area is 58.7 Å². The van der Waals surface area contributed by atoms with Crippen LogP contribution in [0.1, 0.15) is 13.8 Å². The lowest BCUT2D eigenvalue weighted by atomic mass is 10.5. The lowest BCUT2D eigenvalue weighted by Gasteiger charge is -2.17. The molecule has 1 N–H and O–H groups in total. The van der Waals surface area contributed by atoms with Gasteiger partial charge in [0.1, 0.15) is 0 Å². The molecule has 0 fully saturated rings. The number of carbonyl (C=O) groups excluding carboxylic acids is 1. The standard InChI is InChI=1S/C4H8O5S/c1-4(2,9-3-5)10(6,7)8/h3H,1-2H3,(H,6,7,8). The Morgan fingerprint density at radius 3 is 2.00 bits per heavy atom. The summed E-state index contributed by atoms with van der Waals surface area (Å²) < 4.78 is 33.1. The zero-order valence-corrected chi connectivity index (χ0v) is 6.38. The number of rotatable bonds is 3. The van der Waals surface area contributed by atoms with Gasteiger partial charge < -0.3 is 4.74 Å². The normalized spacial score (nSPS) is 12.7. The highest BCUT2D eigenvalue weighted by atomic mass is 32.2. The van der Waals surface area contributed by atoms with Crippen molar-refractivity contribution >= 4 is 16.6 Å². The molecule has 0 aliphatic heterocycles. The Kier molecular flexibility index (Phi) is 2.39. The van der Waals surface area contributed by atoms with Gasteiger partial charge in [-0.25, -0.2) is 0 Å². The number of hydrogen-bond acceptors (Lipinski definition) is 4. The molecule has 0 saturated heterocycles. The van der Waals surface area contributed by atoms with E-state index in [1.165, 1.54) is 0 Å². The van der Waals surface area contributed by atoms with Crippen molar-refractivity contribution in [1.82, 2.24) is 0 Å². The van der Waals surface area contributed by atoms with Gasteiger partial charge in [0.25, 0.3) is 6.47 Å². The lowest BCUT2D eigenvalue weighted by molar-refractivity contribution is -0.134. The van der Waals surface area contributed by atoms with Crippen LogP contribution in [0.4, 0.5) is 0 Å². The molecule has 0 aromatic rings. The minimum atomic E-state index is -4.32. The first-order chi connectivity index (χ1) is 4.31. The van der Waals surface area contributed by atoms with Crippen LogP contribution in [0.25, 0.3) is 0 Å². The second-order valence-electron chi connectivity index (χ2n) is 2.09. The SMILES string of the molecule is CC(C)(OC=O)S(=O)(=O)O. The summed E-state index contributed by atoms with van der Waals surface area (Å²) in [5.74, 6) is 0. The Morgan fingerprint density at radius 1 is 1.50 bits per heavy atom. The maximum absolute atomic E-state index is 10.3. The number of hydrogen-bond donors (Lipinski definition) is 1. The topological polar surface area (TPSA) is 80.7 Å². The van der Waals surface area contributed by atoms with Crippen LogP contribution in [-0.2, 0) is 19.6 Å². The minimum absolute atomic E-state index is 0.0340. The fourth-order valence-corrected chi connectivity index (χ4v) is 0.338. The van der Waals surface area contributed by atoms with E-state index >= 15 is 0 Å². The summed E-state index contributed by atoms with van der Waals surface area (Å²) in [6, 6.07) is 0. The van der Waals surface area contributed by atoms with E-state index in [9.17, 15) is 13.2 Å². The first-order valence-electron chi connectivity index (χ1n) is 2.40. The predicted molar refractivity (Wildman–Crippen MR) is 32.8 cm³/mol. The van der Waals surface area contributed by atoms with Gasteiger partial charge in [-0.15, -0.1) is 0 Å². The summed E-state index contributed by atoms with van der Waals surface area (Å²) in [6.45, 7) is 2.10. The first-order valence-corrected chi connectivity index (χ1v) is 3.84. The molecule has 10 heavy (non-hydrogen) atoms. The lowest BCUT2D eigenvalue weighted by Crippen LogP contribution is -2.33. The smallest absolute Gasteiger partial charge is 0.305 e. The molecule has 0 aliphatic rings. The highest BCUT2D eigenvalue weighted by Gasteiger charge is 2.34. The summed E-state index contributed by atoms with van der Waals surface area (Å²) in [5.41, 5.74) is 0. The van der Waals surface area contributed by atoms with Gasteiger partial charge in [0.2, 0.25) is 4.93 Å². The average Bonchev–Trinajstić information content (AvgIpc) is 1.61. The van der Waals surface area contributed by atoms with Crippen molar-refractivity contribution in [3.63, 3.8) is 0 Å². The highest BCUT2D eigenvalue weighted by Crippen LogP contribution is 2.14. The maximum atomic E-state index is 10.3. The third-order valence-electron chi connectivity index (χ3n) is 0.953. The van der Waals surface area contributed by atoms with Gasteiger partial charge in [0.05, 0.1) is 0 Å². The van der Waals surface area contributed by atoms with E-state index in [2.05, 4.69) is 4.74 Å². The molecule has 0 heterocycles. The predicted octanol–water partition coefficient (Wildman–Crippen LogP) is -0.217. The largest absolute Gasteiger partial charge is 0.443 e. The maximum Gasteiger partial charge on any atom is 0.305 e. The fourth-order valence-electron chi connectivity index (χ4n) is 0.177. The summed E-state index contributed by atoms with van der Waals surface area (Å²) >= 11 is 0. The Balaban J connectivity index is 4.57.